The molecule has 1 aromatic carbocycles. The first-order valence-corrected chi connectivity index (χ1v) is 6.96. The lowest BCUT2D eigenvalue weighted by atomic mass is 9.87. The molecule has 0 N–H and O–H groups in total. The highest BCUT2D eigenvalue weighted by molar-refractivity contribution is 5.79. The third-order valence-electron chi connectivity index (χ3n) is 4.36. The number of aryl methyl sites for hydroxylation is 2. The summed E-state index contributed by atoms with van der Waals surface area (Å²) in [5.74, 6) is 0.836. The predicted octanol–water partition coefficient (Wildman–Crippen LogP) is 2.24. The molecule has 0 fully saturated rings. The van der Waals surface area contributed by atoms with Gasteiger partial charge in [-0.15, -0.1) is 0 Å². The molecule has 0 unspecified atom stereocenters. The van der Waals surface area contributed by atoms with E-state index < -0.39 is 0 Å². The van der Waals surface area contributed by atoms with Gasteiger partial charge in [-0.1, -0.05) is 0 Å². The van der Waals surface area contributed by atoms with Crippen molar-refractivity contribution < 1.29 is 9.53 Å². The Morgan fingerprint density at radius 3 is 2.72 bits per heavy atom. The molecule has 3 heterocycles. The third-order valence-corrected chi connectivity index (χ3v) is 4.36. The highest BCUT2D eigenvalue weighted by Crippen LogP contribution is 2.44. The van der Waals surface area contributed by atoms with Gasteiger partial charge in [0.1, 0.15) is 5.75 Å². The SMILES string of the molecule is O=C1CCc2cc3c4c(c2O1)CCCN4CCC3. The zero-order valence-corrected chi connectivity index (χ0v) is 10.5. The lowest BCUT2D eigenvalue weighted by molar-refractivity contribution is -0.135. The summed E-state index contributed by atoms with van der Waals surface area (Å²) >= 11 is 0. The van der Waals surface area contributed by atoms with E-state index in [1.54, 1.807) is 0 Å². The molecule has 0 spiro atoms. The summed E-state index contributed by atoms with van der Waals surface area (Å²) in [6.07, 6.45) is 6.07. The molecule has 4 rings (SSSR count). The monoisotopic (exact) mass is 243 g/mol. The molecule has 3 aliphatic rings. The van der Waals surface area contributed by atoms with Crippen LogP contribution in [-0.4, -0.2) is 19.1 Å². The van der Waals surface area contributed by atoms with Gasteiger partial charge in [-0.3, -0.25) is 4.79 Å². The van der Waals surface area contributed by atoms with Crippen LogP contribution in [0, 0.1) is 0 Å². The van der Waals surface area contributed by atoms with Gasteiger partial charge in [-0.25, -0.2) is 0 Å². The van der Waals surface area contributed by atoms with E-state index in [4.69, 9.17) is 4.74 Å². The summed E-state index contributed by atoms with van der Waals surface area (Å²) in [4.78, 5) is 14.0. The van der Waals surface area contributed by atoms with E-state index in [1.807, 2.05) is 0 Å². The van der Waals surface area contributed by atoms with Crippen LogP contribution in [0.15, 0.2) is 6.07 Å². The summed E-state index contributed by atoms with van der Waals surface area (Å²) in [5.41, 5.74) is 5.43. The number of carbonyl (C=O) groups is 1. The van der Waals surface area contributed by atoms with Crippen molar-refractivity contribution in [3.05, 3.63) is 22.8 Å². The summed E-state index contributed by atoms with van der Waals surface area (Å²) in [6, 6.07) is 2.29. The molecule has 0 bridgehead atoms. The minimum atomic E-state index is -0.0633. The highest BCUT2D eigenvalue weighted by atomic mass is 16.5. The van der Waals surface area contributed by atoms with Crippen LogP contribution in [0.4, 0.5) is 5.69 Å². The maximum atomic E-state index is 11.5. The van der Waals surface area contributed by atoms with Crippen molar-refractivity contribution in [1.29, 1.82) is 0 Å². The quantitative estimate of drug-likeness (QED) is 0.517. The van der Waals surface area contributed by atoms with Crippen molar-refractivity contribution >= 4 is 11.7 Å². The van der Waals surface area contributed by atoms with Gasteiger partial charge >= 0.3 is 5.97 Å². The van der Waals surface area contributed by atoms with Gasteiger partial charge in [-0.05, 0) is 49.3 Å². The smallest absolute Gasteiger partial charge is 0.311 e. The molecule has 18 heavy (non-hydrogen) atoms. The molecule has 94 valence electrons. The summed E-state index contributed by atoms with van der Waals surface area (Å²) in [7, 11) is 0. The lowest BCUT2D eigenvalue weighted by Gasteiger charge is -2.38. The van der Waals surface area contributed by atoms with Crippen molar-refractivity contribution in [2.24, 2.45) is 0 Å². The number of benzene rings is 1. The first-order valence-electron chi connectivity index (χ1n) is 6.96. The average molecular weight is 243 g/mol. The fourth-order valence-corrected chi connectivity index (χ4v) is 3.61. The van der Waals surface area contributed by atoms with Crippen molar-refractivity contribution in [3.63, 3.8) is 0 Å². The standard InChI is InChI=1S/C15H17NO2/c17-13-6-5-11-9-10-3-1-7-16-8-2-4-12(14(10)16)15(11)18-13/h9H,1-8H2. The van der Waals surface area contributed by atoms with Gasteiger partial charge in [0.2, 0.25) is 0 Å². The van der Waals surface area contributed by atoms with Gasteiger partial charge in [0, 0.05) is 24.3 Å². The first-order chi connectivity index (χ1) is 8.83. The Morgan fingerprint density at radius 1 is 1.00 bits per heavy atom. The number of carbonyl (C=O) groups excluding carboxylic acids is 1. The van der Waals surface area contributed by atoms with Crippen molar-refractivity contribution in [3.8, 4) is 5.75 Å². The van der Waals surface area contributed by atoms with Crippen molar-refractivity contribution in [2.45, 2.75) is 38.5 Å². The molecule has 0 atom stereocenters. The predicted molar refractivity (Wildman–Crippen MR) is 69.3 cm³/mol. The molecule has 0 saturated heterocycles. The molecule has 0 radical (unpaired) electrons. The third kappa shape index (κ3) is 1.39. The Kier molecular flexibility index (Phi) is 2.16. The Morgan fingerprint density at radius 2 is 1.83 bits per heavy atom. The molecular weight excluding hydrogens is 226 g/mol. The van der Waals surface area contributed by atoms with Gasteiger partial charge in [0.05, 0.1) is 6.42 Å². The molecule has 0 aliphatic carbocycles. The number of hydrogen-bond acceptors (Lipinski definition) is 3. The van der Waals surface area contributed by atoms with E-state index in [0.29, 0.717) is 6.42 Å². The van der Waals surface area contributed by atoms with E-state index in [2.05, 4.69) is 11.0 Å². The van der Waals surface area contributed by atoms with Crippen LogP contribution < -0.4 is 9.64 Å². The van der Waals surface area contributed by atoms with Gasteiger partial charge < -0.3 is 9.64 Å². The van der Waals surface area contributed by atoms with E-state index in [-0.39, 0.29) is 5.97 Å². The van der Waals surface area contributed by atoms with Crippen LogP contribution in [-0.2, 0) is 24.1 Å². The zero-order chi connectivity index (χ0) is 12.1. The second-order valence-electron chi connectivity index (χ2n) is 5.52. The van der Waals surface area contributed by atoms with Crippen LogP contribution >= 0.6 is 0 Å². The fourth-order valence-electron chi connectivity index (χ4n) is 3.61. The van der Waals surface area contributed by atoms with E-state index >= 15 is 0 Å². The molecule has 3 aliphatic heterocycles. The topological polar surface area (TPSA) is 29.5 Å². The summed E-state index contributed by atoms with van der Waals surface area (Å²) in [5, 5.41) is 0. The number of nitrogens with zero attached hydrogens (tertiary/aromatic N) is 1. The minimum Gasteiger partial charge on any atom is -0.426 e. The van der Waals surface area contributed by atoms with Crippen LogP contribution in [0.2, 0.25) is 0 Å². The van der Waals surface area contributed by atoms with Crippen LogP contribution in [0.5, 0.6) is 5.75 Å². The molecule has 0 amide bonds. The van der Waals surface area contributed by atoms with Crippen LogP contribution in [0.25, 0.3) is 0 Å². The molecule has 1 aromatic rings. The molecule has 0 aromatic heterocycles. The maximum absolute atomic E-state index is 11.5. The molecule has 0 saturated carbocycles. The largest absolute Gasteiger partial charge is 0.426 e. The van der Waals surface area contributed by atoms with E-state index in [9.17, 15) is 4.79 Å². The molecule has 3 nitrogen and oxygen atoms in total. The summed E-state index contributed by atoms with van der Waals surface area (Å²) in [6.45, 7) is 2.32. The Labute approximate surface area is 107 Å². The molecule has 3 heteroatoms. The zero-order valence-electron chi connectivity index (χ0n) is 10.5. The number of esters is 1. The van der Waals surface area contributed by atoms with E-state index in [1.165, 1.54) is 41.6 Å². The number of fused-ring (bicyclic) bond motifs is 2. The Bertz CT molecular complexity index is 534. The van der Waals surface area contributed by atoms with Crippen LogP contribution in [0.3, 0.4) is 0 Å². The van der Waals surface area contributed by atoms with Crippen molar-refractivity contribution in [2.75, 3.05) is 18.0 Å². The number of hydrogen-bond donors (Lipinski definition) is 0. The highest BCUT2D eigenvalue weighted by Gasteiger charge is 2.30. The number of ether oxygens (including phenoxy) is 1. The van der Waals surface area contributed by atoms with Crippen molar-refractivity contribution in [1.82, 2.24) is 0 Å². The van der Waals surface area contributed by atoms with Gasteiger partial charge in [0.25, 0.3) is 0 Å². The minimum absolute atomic E-state index is 0.0633. The summed E-state index contributed by atoms with van der Waals surface area (Å²) < 4.78 is 5.54. The Hall–Kier alpha value is -1.51. The van der Waals surface area contributed by atoms with Gasteiger partial charge in [0.15, 0.2) is 0 Å². The second-order valence-corrected chi connectivity index (χ2v) is 5.52. The molecular formula is C15H17NO2. The lowest BCUT2D eigenvalue weighted by Crippen LogP contribution is -2.35. The van der Waals surface area contributed by atoms with Crippen LogP contribution in [0.1, 0.15) is 36.0 Å². The average Bonchev–Trinajstić information content (AvgIpc) is 2.40. The normalized spacial score (nSPS) is 21.1. The Balaban J connectivity index is 1.94. The van der Waals surface area contributed by atoms with E-state index in [0.717, 1.165) is 31.7 Å². The van der Waals surface area contributed by atoms with Gasteiger partial charge in [-0.2, -0.15) is 0 Å². The maximum Gasteiger partial charge on any atom is 0.311 e. The number of anilines is 1. The second kappa shape index (κ2) is 3.74. The fraction of sp³-hybridized carbons (Fsp3) is 0.533. The number of rotatable bonds is 0. The first kappa shape index (κ1) is 10.4.